The molecule has 0 spiro atoms. The number of benzene rings is 3. The number of aryl methyl sites for hydroxylation is 2. The summed E-state index contributed by atoms with van der Waals surface area (Å²) >= 11 is 0. The van der Waals surface area contributed by atoms with Crippen molar-refractivity contribution in [3.05, 3.63) is 82.9 Å². The van der Waals surface area contributed by atoms with Crippen molar-refractivity contribution in [2.45, 2.75) is 20.3 Å². The van der Waals surface area contributed by atoms with Crippen molar-refractivity contribution < 1.29 is 0 Å². The molecular weight excluding hydrogens is 266 g/mol. The molecule has 4 rings (SSSR count). The summed E-state index contributed by atoms with van der Waals surface area (Å²) < 4.78 is 0. The van der Waals surface area contributed by atoms with E-state index in [1.165, 1.54) is 39.1 Å². The van der Waals surface area contributed by atoms with Gasteiger partial charge in [0.25, 0.3) is 0 Å². The van der Waals surface area contributed by atoms with Crippen LogP contribution < -0.4 is 5.32 Å². The molecule has 1 heteroatoms. The molecule has 3 aromatic rings. The molecule has 0 radical (unpaired) electrons. The average molecular weight is 285 g/mol. The van der Waals surface area contributed by atoms with Gasteiger partial charge in [0.2, 0.25) is 0 Å². The van der Waals surface area contributed by atoms with E-state index in [9.17, 15) is 0 Å². The largest absolute Gasteiger partial charge is 0.355 e. The second-order valence-corrected chi connectivity index (χ2v) is 6.16. The lowest BCUT2D eigenvalue weighted by Crippen LogP contribution is -1.95. The van der Waals surface area contributed by atoms with Gasteiger partial charge in [-0.1, -0.05) is 48.0 Å². The van der Waals surface area contributed by atoms with E-state index in [1.807, 2.05) is 0 Å². The molecule has 1 aliphatic rings. The Labute approximate surface area is 131 Å². The normalized spacial score (nSPS) is 11.9. The molecule has 0 aromatic heterocycles. The van der Waals surface area contributed by atoms with Crippen molar-refractivity contribution in [3.63, 3.8) is 0 Å². The van der Waals surface area contributed by atoms with Gasteiger partial charge in [0.15, 0.2) is 0 Å². The zero-order valence-corrected chi connectivity index (χ0v) is 13.0. The van der Waals surface area contributed by atoms with E-state index in [2.05, 4.69) is 79.8 Å². The second kappa shape index (κ2) is 5.03. The maximum atomic E-state index is 3.59. The summed E-state index contributed by atoms with van der Waals surface area (Å²) in [5, 5.41) is 3.59. The second-order valence-electron chi connectivity index (χ2n) is 6.16. The smallest absolute Gasteiger partial charge is 0.0426 e. The number of nitrogens with one attached hydrogen (secondary N) is 1. The predicted octanol–water partition coefficient (Wildman–Crippen LogP) is 5.62. The lowest BCUT2D eigenvalue weighted by Gasteiger charge is -2.12. The Morgan fingerprint density at radius 2 is 1.59 bits per heavy atom. The van der Waals surface area contributed by atoms with Gasteiger partial charge >= 0.3 is 0 Å². The van der Waals surface area contributed by atoms with Crippen LogP contribution in [0.5, 0.6) is 0 Å². The highest BCUT2D eigenvalue weighted by Gasteiger charge is 2.20. The van der Waals surface area contributed by atoms with Crippen LogP contribution in [-0.4, -0.2) is 0 Å². The van der Waals surface area contributed by atoms with E-state index < -0.39 is 0 Å². The summed E-state index contributed by atoms with van der Waals surface area (Å²) in [7, 11) is 0. The third-order valence-electron chi connectivity index (χ3n) is 4.39. The Bertz CT molecular complexity index is 862. The van der Waals surface area contributed by atoms with Crippen LogP contribution in [0.25, 0.3) is 11.1 Å². The van der Waals surface area contributed by atoms with E-state index in [1.54, 1.807) is 0 Å². The van der Waals surface area contributed by atoms with Crippen molar-refractivity contribution in [2.24, 2.45) is 0 Å². The van der Waals surface area contributed by atoms with E-state index >= 15 is 0 Å². The standard InChI is InChI=1S/C21H19N/c1-14-5-3-6-17(12-14)22-21-8-4-7-19-18-10-9-15(2)11-16(18)13-20(19)21/h3-12,22H,13H2,1-2H3. The molecule has 0 aliphatic heterocycles. The Morgan fingerprint density at radius 1 is 0.773 bits per heavy atom. The van der Waals surface area contributed by atoms with Gasteiger partial charge in [-0.2, -0.15) is 0 Å². The Morgan fingerprint density at radius 3 is 2.45 bits per heavy atom. The molecule has 0 amide bonds. The average Bonchev–Trinajstić information content (AvgIpc) is 2.86. The van der Waals surface area contributed by atoms with Gasteiger partial charge in [-0.3, -0.25) is 0 Å². The van der Waals surface area contributed by atoms with Crippen LogP contribution in [-0.2, 0) is 6.42 Å². The van der Waals surface area contributed by atoms with E-state index in [0.717, 1.165) is 12.1 Å². The van der Waals surface area contributed by atoms with E-state index in [-0.39, 0.29) is 0 Å². The first-order chi connectivity index (χ1) is 10.7. The van der Waals surface area contributed by atoms with Crippen LogP contribution in [0.3, 0.4) is 0 Å². The molecule has 1 N–H and O–H groups in total. The fourth-order valence-electron chi connectivity index (χ4n) is 3.35. The Hall–Kier alpha value is -2.54. The molecule has 0 unspecified atom stereocenters. The van der Waals surface area contributed by atoms with Gasteiger partial charge in [0, 0.05) is 17.8 Å². The lowest BCUT2D eigenvalue weighted by atomic mass is 10.0. The fourth-order valence-corrected chi connectivity index (χ4v) is 3.35. The minimum atomic E-state index is 1.02. The van der Waals surface area contributed by atoms with Crippen LogP contribution >= 0.6 is 0 Å². The SMILES string of the molecule is Cc1cccc(Nc2cccc3c2Cc2cc(C)ccc2-3)c1. The molecule has 1 aliphatic carbocycles. The fraction of sp³-hybridized carbons (Fsp3) is 0.143. The third kappa shape index (κ3) is 2.19. The van der Waals surface area contributed by atoms with Gasteiger partial charge in [0.05, 0.1) is 0 Å². The monoisotopic (exact) mass is 285 g/mol. The predicted molar refractivity (Wildman–Crippen MR) is 93.9 cm³/mol. The number of hydrogen-bond donors (Lipinski definition) is 1. The topological polar surface area (TPSA) is 12.0 Å². The van der Waals surface area contributed by atoms with Crippen LogP contribution in [0.15, 0.2) is 60.7 Å². The lowest BCUT2D eigenvalue weighted by molar-refractivity contribution is 1.24. The zero-order valence-electron chi connectivity index (χ0n) is 13.0. The summed E-state index contributed by atoms with van der Waals surface area (Å²) in [5.74, 6) is 0. The molecule has 0 saturated heterocycles. The van der Waals surface area contributed by atoms with Crippen molar-refractivity contribution in [3.8, 4) is 11.1 Å². The quantitative estimate of drug-likeness (QED) is 0.504. The Kier molecular flexibility index (Phi) is 3.00. The van der Waals surface area contributed by atoms with E-state index in [4.69, 9.17) is 0 Å². The third-order valence-corrected chi connectivity index (χ3v) is 4.39. The minimum absolute atomic E-state index is 1.02. The molecule has 0 fully saturated rings. The Balaban J connectivity index is 1.76. The summed E-state index contributed by atoms with van der Waals surface area (Å²) in [5.41, 5.74) is 10.6. The number of fused-ring (bicyclic) bond motifs is 3. The highest BCUT2D eigenvalue weighted by Crippen LogP contribution is 2.41. The maximum Gasteiger partial charge on any atom is 0.0426 e. The molecule has 0 heterocycles. The van der Waals surface area contributed by atoms with E-state index in [0.29, 0.717) is 0 Å². The van der Waals surface area contributed by atoms with Gasteiger partial charge < -0.3 is 5.32 Å². The summed E-state index contributed by atoms with van der Waals surface area (Å²) in [6, 6.07) is 21.9. The van der Waals surface area contributed by atoms with Crippen molar-refractivity contribution >= 4 is 11.4 Å². The number of anilines is 2. The molecular formula is C21H19N. The van der Waals surface area contributed by atoms with Gasteiger partial charge in [0.1, 0.15) is 0 Å². The van der Waals surface area contributed by atoms with Crippen LogP contribution in [0.2, 0.25) is 0 Å². The summed E-state index contributed by atoms with van der Waals surface area (Å²) in [4.78, 5) is 0. The summed E-state index contributed by atoms with van der Waals surface area (Å²) in [6.45, 7) is 4.29. The number of rotatable bonds is 2. The molecule has 3 aromatic carbocycles. The highest BCUT2D eigenvalue weighted by molar-refractivity contribution is 5.83. The summed E-state index contributed by atoms with van der Waals surface area (Å²) in [6.07, 6.45) is 1.02. The first-order valence-electron chi connectivity index (χ1n) is 7.76. The van der Waals surface area contributed by atoms with Crippen LogP contribution in [0.1, 0.15) is 22.3 Å². The molecule has 108 valence electrons. The first-order valence-corrected chi connectivity index (χ1v) is 7.76. The van der Waals surface area contributed by atoms with Gasteiger partial charge in [-0.15, -0.1) is 0 Å². The molecule has 0 saturated carbocycles. The molecule has 0 bridgehead atoms. The van der Waals surface area contributed by atoms with Crippen LogP contribution in [0, 0.1) is 13.8 Å². The van der Waals surface area contributed by atoms with Crippen molar-refractivity contribution in [1.29, 1.82) is 0 Å². The molecule has 22 heavy (non-hydrogen) atoms. The highest BCUT2D eigenvalue weighted by atomic mass is 14.9. The zero-order chi connectivity index (χ0) is 15.1. The maximum absolute atomic E-state index is 3.59. The first kappa shape index (κ1) is 13.1. The van der Waals surface area contributed by atoms with Crippen LogP contribution in [0.4, 0.5) is 11.4 Å². The van der Waals surface area contributed by atoms with Gasteiger partial charge in [-0.05, 0) is 59.9 Å². The molecule has 1 nitrogen and oxygen atoms in total. The van der Waals surface area contributed by atoms with Crippen molar-refractivity contribution in [1.82, 2.24) is 0 Å². The number of hydrogen-bond acceptors (Lipinski definition) is 1. The van der Waals surface area contributed by atoms with Gasteiger partial charge in [-0.25, -0.2) is 0 Å². The molecule has 0 atom stereocenters. The minimum Gasteiger partial charge on any atom is -0.355 e. The van der Waals surface area contributed by atoms with Crippen molar-refractivity contribution in [2.75, 3.05) is 5.32 Å².